The lowest BCUT2D eigenvalue weighted by Crippen LogP contribution is -1.89. The van der Waals surface area contributed by atoms with Crippen LogP contribution in [0.25, 0.3) is 34.8 Å². The van der Waals surface area contributed by atoms with Gasteiger partial charge in [0, 0.05) is 42.1 Å². The van der Waals surface area contributed by atoms with Crippen LogP contribution in [0, 0.1) is 0 Å². The van der Waals surface area contributed by atoms with Gasteiger partial charge in [0.2, 0.25) is 0 Å². The van der Waals surface area contributed by atoms with Gasteiger partial charge < -0.3 is 4.98 Å². The average molecular weight is 325 g/mol. The van der Waals surface area contributed by atoms with Gasteiger partial charge in [0.15, 0.2) is 5.82 Å². The van der Waals surface area contributed by atoms with Gasteiger partial charge in [-0.05, 0) is 23.8 Å². The molecule has 0 aliphatic heterocycles. The molecule has 0 saturated heterocycles. The van der Waals surface area contributed by atoms with Crippen molar-refractivity contribution >= 4 is 12.2 Å². The van der Waals surface area contributed by atoms with E-state index in [1.807, 2.05) is 60.8 Å². The Hall–Kier alpha value is -3.60. The molecule has 1 aromatic carbocycles. The zero-order valence-corrected chi connectivity index (χ0v) is 13.4. The number of aromatic amines is 1. The number of pyridine rings is 1. The first-order valence-electron chi connectivity index (χ1n) is 7.90. The summed E-state index contributed by atoms with van der Waals surface area (Å²) in [6, 6.07) is 13.8. The van der Waals surface area contributed by atoms with Crippen molar-refractivity contribution in [2.24, 2.45) is 0 Å². The Kier molecular flexibility index (Phi) is 4.12. The molecule has 120 valence electrons. The third-order valence-electron chi connectivity index (χ3n) is 3.72. The Morgan fingerprint density at radius 2 is 1.56 bits per heavy atom. The first-order valence-corrected chi connectivity index (χ1v) is 7.90. The van der Waals surface area contributed by atoms with Gasteiger partial charge in [-0.3, -0.25) is 4.98 Å². The molecule has 0 spiro atoms. The molecule has 0 radical (unpaired) electrons. The number of rotatable bonds is 4. The van der Waals surface area contributed by atoms with Gasteiger partial charge in [0.25, 0.3) is 0 Å². The highest BCUT2D eigenvalue weighted by molar-refractivity contribution is 5.68. The zero-order chi connectivity index (χ0) is 16.9. The summed E-state index contributed by atoms with van der Waals surface area (Å²) >= 11 is 0. The Balaban J connectivity index is 1.53. The monoisotopic (exact) mass is 325 g/mol. The van der Waals surface area contributed by atoms with Gasteiger partial charge in [-0.2, -0.15) is 0 Å². The minimum absolute atomic E-state index is 0.706. The van der Waals surface area contributed by atoms with Gasteiger partial charge in [-0.25, -0.2) is 15.0 Å². The lowest BCUT2D eigenvalue weighted by molar-refractivity contribution is 1.17. The molecule has 1 N–H and O–H groups in total. The fourth-order valence-corrected chi connectivity index (χ4v) is 2.42. The minimum atomic E-state index is 0.706. The molecule has 3 heterocycles. The van der Waals surface area contributed by atoms with E-state index in [9.17, 15) is 0 Å². The predicted molar refractivity (Wildman–Crippen MR) is 98.2 cm³/mol. The molecular formula is C20H15N5. The van der Waals surface area contributed by atoms with E-state index < -0.39 is 0 Å². The number of aromatic nitrogens is 5. The van der Waals surface area contributed by atoms with Crippen LogP contribution in [0.2, 0.25) is 0 Å². The number of imidazole rings is 1. The van der Waals surface area contributed by atoms with E-state index in [2.05, 4.69) is 24.9 Å². The van der Waals surface area contributed by atoms with E-state index in [0.29, 0.717) is 5.82 Å². The third kappa shape index (κ3) is 3.50. The topological polar surface area (TPSA) is 67.3 Å². The SMILES string of the molecule is C(=C\c1nc(-c2cnc(-c3ccccc3)nc2)c[nH]1)/c1ccncc1. The van der Waals surface area contributed by atoms with E-state index in [1.165, 1.54) is 0 Å². The Morgan fingerprint density at radius 3 is 2.32 bits per heavy atom. The first kappa shape index (κ1) is 15.0. The summed E-state index contributed by atoms with van der Waals surface area (Å²) in [7, 11) is 0. The normalized spacial score (nSPS) is 11.0. The van der Waals surface area contributed by atoms with Gasteiger partial charge in [-0.1, -0.05) is 36.4 Å². The summed E-state index contributed by atoms with van der Waals surface area (Å²) in [5.41, 5.74) is 3.76. The summed E-state index contributed by atoms with van der Waals surface area (Å²) in [4.78, 5) is 20.6. The molecule has 0 aliphatic rings. The van der Waals surface area contributed by atoms with Crippen molar-refractivity contribution in [3.8, 4) is 22.6 Å². The second-order valence-electron chi connectivity index (χ2n) is 5.45. The van der Waals surface area contributed by atoms with Crippen LogP contribution in [0.15, 0.2) is 73.4 Å². The standard InChI is InChI=1S/C20H15N5/c1-2-4-16(5-3-1)20-23-12-17(13-24-20)18-14-22-19(25-18)7-6-15-8-10-21-11-9-15/h1-14H,(H,22,25)/b7-6+. The summed E-state index contributed by atoms with van der Waals surface area (Å²) < 4.78 is 0. The number of hydrogen-bond acceptors (Lipinski definition) is 4. The van der Waals surface area contributed by atoms with E-state index in [0.717, 1.165) is 28.2 Å². The number of hydrogen-bond donors (Lipinski definition) is 1. The van der Waals surface area contributed by atoms with Crippen molar-refractivity contribution in [1.29, 1.82) is 0 Å². The summed E-state index contributed by atoms with van der Waals surface area (Å²) in [5, 5.41) is 0. The van der Waals surface area contributed by atoms with E-state index in [-0.39, 0.29) is 0 Å². The molecule has 0 amide bonds. The lowest BCUT2D eigenvalue weighted by Gasteiger charge is -2.00. The van der Waals surface area contributed by atoms with Crippen LogP contribution in [0.5, 0.6) is 0 Å². The number of H-pyrrole nitrogens is 1. The van der Waals surface area contributed by atoms with Crippen LogP contribution < -0.4 is 0 Å². The second-order valence-corrected chi connectivity index (χ2v) is 5.45. The highest BCUT2D eigenvalue weighted by Crippen LogP contribution is 2.19. The highest BCUT2D eigenvalue weighted by atomic mass is 14.9. The molecule has 0 aliphatic carbocycles. The Morgan fingerprint density at radius 1 is 0.800 bits per heavy atom. The van der Waals surface area contributed by atoms with Gasteiger partial charge >= 0.3 is 0 Å². The van der Waals surface area contributed by atoms with E-state index in [4.69, 9.17) is 0 Å². The number of benzene rings is 1. The van der Waals surface area contributed by atoms with Crippen LogP contribution in [-0.2, 0) is 0 Å². The summed E-state index contributed by atoms with van der Waals surface area (Å²) in [6.45, 7) is 0. The minimum Gasteiger partial charge on any atom is -0.344 e. The van der Waals surface area contributed by atoms with Crippen molar-refractivity contribution in [3.63, 3.8) is 0 Å². The second kappa shape index (κ2) is 6.88. The Labute approximate surface area is 145 Å². The molecule has 4 aromatic rings. The number of nitrogens with one attached hydrogen (secondary N) is 1. The first-order chi connectivity index (χ1) is 12.4. The molecule has 0 atom stereocenters. The van der Waals surface area contributed by atoms with Crippen LogP contribution in [0.3, 0.4) is 0 Å². The van der Waals surface area contributed by atoms with E-state index in [1.54, 1.807) is 24.8 Å². The smallest absolute Gasteiger partial charge is 0.159 e. The van der Waals surface area contributed by atoms with Crippen molar-refractivity contribution in [1.82, 2.24) is 24.9 Å². The van der Waals surface area contributed by atoms with Crippen LogP contribution in [0.1, 0.15) is 11.4 Å². The fourth-order valence-electron chi connectivity index (χ4n) is 2.42. The lowest BCUT2D eigenvalue weighted by atomic mass is 10.2. The van der Waals surface area contributed by atoms with Crippen molar-refractivity contribution < 1.29 is 0 Å². The maximum absolute atomic E-state index is 4.56. The molecule has 0 bridgehead atoms. The summed E-state index contributed by atoms with van der Waals surface area (Å²) in [5.74, 6) is 1.48. The molecule has 25 heavy (non-hydrogen) atoms. The zero-order valence-electron chi connectivity index (χ0n) is 13.4. The summed E-state index contributed by atoms with van der Waals surface area (Å²) in [6.07, 6.45) is 12.9. The van der Waals surface area contributed by atoms with Crippen molar-refractivity contribution in [3.05, 3.63) is 84.8 Å². The molecule has 5 nitrogen and oxygen atoms in total. The van der Waals surface area contributed by atoms with Crippen molar-refractivity contribution in [2.75, 3.05) is 0 Å². The molecule has 3 aromatic heterocycles. The quantitative estimate of drug-likeness (QED) is 0.613. The largest absolute Gasteiger partial charge is 0.344 e. The Bertz CT molecular complexity index is 974. The predicted octanol–water partition coefficient (Wildman–Crippen LogP) is 4.10. The van der Waals surface area contributed by atoms with Crippen LogP contribution >= 0.6 is 0 Å². The van der Waals surface area contributed by atoms with E-state index >= 15 is 0 Å². The maximum atomic E-state index is 4.56. The maximum Gasteiger partial charge on any atom is 0.159 e. The molecule has 5 heteroatoms. The molecule has 4 rings (SSSR count). The highest BCUT2D eigenvalue weighted by Gasteiger charge is 2.05. The molecule has 0 saturated carbocycles. The van der Waals surface area contributed by atoms with Gasteiger partial charge in [0.05, 0.1) is 5.69 Å². The van der Waals surface area contributed by atoms with Crippen molar-refractivity contribution in [2.45, 2.75) is 0 Å². The fraction of sp³-hybridized carbons (Fsp3) is 0. The molecular weight excluding hydrogens is 310 g/mol. The average Bonchev–Trinajstić information content (AvgIpc) is 3.17. The van der Waals surface area contributed by atoms with Crippen LogP contribution in [-0.4, -0.2) is 24.9 Å². The van der Waals surface area contributed by atoms with Crippen LogP contribution in [0.4, 0.5) is 0 Å². The third-order valence-corrected chi connectivity index (χ3v) is 3.72. The number of nitrogens with zero attached hydrogens (tertiary/aromatic N) is 4. The molecule has 0 fully saturated rings. The van der Waals surface area contributed by atoms with Gasteiger partial charge in [-0.15, -0.1) is 0 Å². The van der Waals surface area contributed by atoms with Gasteiger partial charge in [0.1, 0.15) is 5.82 Å². The molecule has 0 unspecified atom stereocenters.